The van der Waals surface area contributed by atoms with Gasteiger partial charge in [0.2, 0.25) is 5.75 Å². The largest absolute Gasteiger partial charge is 0.493 e. The molecule has 148 valence electrons. The van der Waals surface area contributed by atoms with Crippen molar-refractivity contribution in [2.75, 3.05) is 42.0 Å². The van der Waals surface area contributed by atoms with Crippen molar-refractivity contribution in [2.45, 2.75) is 13.5 Å². The number of esters is 1. The van der Waals surface area contributed by atoms with Gasteiger partial charge < -0.3 is 29.6 Å². The molecule has 26 heavy (non-hydrogen) atoms. The summed E-state index contributed by atoms with van der Waals surface area (Å²) in [6.07, 6.45) is 0. The molecule has 2 N–H and O–H groups in total. The van der Waals surface area contributed by atoms with E-state index in [1.165, 1.54) is 7.11 Å². The molecule has 0 aromatic heterocycles. The summed E-state index contributed by atoms with van der Waals surface area (Å²) in [6, 6.07) is 3.72. The fraction of sp³-hybridized carbons (Fsp3) is 0.529. The Labute approximate surface area is 171 Å². The number of ether oxygens (including phenoxy) is 4. The summed E-state index contributed by atoms with van der Waals surface area (Å²) in [5.74, 6) is 1.74. The number of guanidine groups is 1. The zero-order chi connectivity index (χ0) is 18.8. The first kappa shape index (κ1) is 24.1. The highest BCUT2D eigenvalue weighted by molar-refractivity contribution is 14.0. The lowest BCUT2D eigenvalue weighted by molar-refractivity contribution is -0.144. The van der Waals surface area contributed by atoms with Crippen LogP contribution < -0.4 is 24.8 Å². The number of halogens is 1. The van der Waals surface area contributed by atoms with Gasteiger partial charge in [-0.15, -0.1) is 24.0 Å². The fourth-order valence-corrected chi connectivity index (χ4v) is 2.18. The van der Waals surface area contributed by atoms with Gasteiger partial charge in [0, 0.05) is 20.1 Å². The third-order valence-corrected chi connectivity index (χ3v) is 3.59. The van der Waals surface area contributed by atoms with E-state index in [0.717, 1.165) is 5.56 Å². The average Bonchev–Trinajstić information content (AvgIpc) is 2.65. The van der Waals surface area contributed by atoms with Crippen molar-refractivity contribution in [1.29, 1.82) is 0 Å². The second-order valence-corrected chi connectivity index (χ2v) is 5.26. The van der Waals surface area contributed by atoms with Crippen LogP contribution in [-0.4, -0.2) is 54.0 Å². The van der Waals surface area contributed by atoms with Gasteiger partial charge in [-0.25, -0.2) is 0 Å². The van der Waals surface area contributed by atoms with Crippen LogP contribution in [0.3, 0.4) is 0 Å². The first-order chi connectivity index (χ1) is 12.0. The smallest absolute Gasteiger partial charge is 0.310 e. The van der Waals surface area contributed by atoms with E-state index in [1.807, 2.05) is 12.1 Å². The molecule has 1 aromatic carbocycles. The summed E-state index contributed by atoms with van der Waals surface area (Å²) in [4.78, 5) is 15.6. The summed E-state index contributed by atoms with van der Waals surface area (Å²) < 4.78 is 20.7. The molecule has 0 aliphatic carbocycles. The van der Waals surface area contributed by atoms with E-state index in [9.17, 15) is 4.79 Å². The average molecular weight is 481 g/mol. The zero-order valence-corrected chi connectivity index (χ0v) is 18.4. The number of carbonyl (C=O) groups excluding carboxylic acids is 1. The second kappa shape index (κ2) is 12.4. The standard InChI is InChI=1S/C17H27N3O5.HI/c1-11(16(21)25-6)9-19-17(18-2)20-10-12-7-13(22-3)15(24-5)14(8-12)23-4;/h7-8,11H,9-10H2,1-6H3,(H2,18,19,20);1H. The molecule has 0 aliphatic rings. The molecule has 1 atom stereocenters. The Morgan fingerprint density at radius 2 is 1.65 bits per heavy atom. The number of aliphatic imine (C=N–C) groups is 1. The maximum atomic E-state index is 11.4. The van der Waals surface area contributed by atoms with Crippen LogP contribution in [0.4, 0.5) is 0 Å². The Morgan fingerprint density at radius 1 is 1.08 bits per heavy atom. The molecule has 1 aromatic rings. The van der Waals surface area contributed by atoms with Crippen LogP contribution in [-0.2, 0) is 16.1 Å². The van der Waals surface area contributed by atoms with Crippen LogP contribution in [0.2, 0.25) is 0 Å². The highest BCUT2D eigenvalue weighted by Crippen LogP contribution is 2.38. The predicted octanol–water partition coefficient (Wildman–Crippen LogP) is 1.80. The van der Waals surface area contributed by atoms with Gasteiger partial charge in [0.25, 0.3) is 0 Å². The predicted molar refractivity (Wildman–Crippen MR) is 111 cm³/mol. The highest BCUT2D eigenvalue weighted by Gasteiger charge is 2.15. The molecule has 0 heterocycles. The Balaban J connectivity index is 0.00000625. The monoisotopic (exact) mass is 481 g/mol. The molecule has 0 spiro atoms. The van der Waals surface area contributed by atoms with Crippen LogP contribution in [0.1, 0.15) is 12.5 Å². The minimum atomic E-state index is -0.273. The number of nitrogens with zero attached hydrogens (tertiary/aromatic N) is 1. The van der Waals surface area contributed by atoms with Gasteiger partial charge in [0.05, 0.1) is 34.4 Å². The summed E-state index contributed by atoms with van der Waals surface area (Å²) in [6.45, 7) is 2.69. The third-order valence-electron chi connectivity index (χ3n) is 3.59. The van der Waals surface area contributed by atoms with Crippen LogP contribution in [0.15, 0.2) is 17.1 Å². The van der Waals surface area contributed by atoms with Gasteiger partial charge in [0.1, 0.15) is 0 Å². The van der Waals surface area contributed by atoms with Crippen molar-refractivity contribution in [2.24, 2.45) is 10.9 Å². The molecule has 9 heteroatoms. The Kier molecular flexibility index (Phi) is 11.5. The van der Waals surface area contributed by atoms with E-state index in [2.05, 4.69) is 15.6 Å². The topological polar surface area (TPSA) is 90.4 Å². The first-order valence-corrected chi connectivity index (χ1v) is 7.81. The SMILES string of the molecule is CN=C(NCc1cc(OC)c(OC)c(OC)c1)NCC(C)C(=O)OC.I. The van der Waals surface area contributed by atoms with Crippen LogP contribution in [0.25, 0.3) is 0 Å². The number of methoxy groups -OCH3 is 4. The van der Waals surface area contributed by atoms with Crippen molar-refractivity contribution in [3.05, 3.63) is 17.7 Å². The lowest BCUT2D eigenvalue weighted by Crippen LogP contribution is -2.40. The summed E-state index contributed by atoms with van der Waals surface area (Å²) >= 11 is 0. The van der Waals surface area contributed by atoms with Crippen molar-refractivity contribution >= 4 is 35.9 Å². The van der Waals surface area contributed by atoms with E-state index < -0.39 is 0 Å². The van der Waals surface area contributed by atoms with E-state index in [0.29, 0.717) is 36.3 Å². The van der Waals surface area contributed by atoms with E-state index in [1.54, 1.807) is 35.3 Å². The molecule has 0 aliphatic heterocycles. The molecule has 1 unspecified atom stereocenters. The Hall–Kier alpha value is -1.91. The maximum Gasteiger partial charge on any atom is 0.310 e. The Morgan fingerprint density at radius 3 is 2.08 bits per heavy atom. The van der Waals surface area contributed by atoms with Crippen LogP contribution in [0, 0.1) is 5.92 Å². The second-order valence-electron chi connectivity index (χ2n) is 5.26. The zero-order valence-electron chi connectivity index (χ0n) is 16.0. The van der Waals surface area contributed by atoms with Gasteiger partial charge >= 0.3 is 5.97 Å². The summed E-state index contributed by atoms with van der Waals surface area (Å²) in [7, 11) is 7.74. The van der Waals surface area contributed by atoms with Crippen LogP contribution in [0.5, 0.6) is 17.2 Å². The number of carbonyl (C=O) groups is 1. The molecule has 1 rings (SSSR count). The molecule has 0 radical (unpaired) electrons. The highest BCUT2D eigenvalue weighted by atomic mass is 127. The fourth-order valence-electron chi connectivity index (χ4n) is 2.18. The summed E-state index contributed by atoms with van der Waals surface area (Å²) in [5, 5.41) is 6.26. The number of hydrogen-bond donors (Lipinski definition) is 2. The van der Waals surface area contributed by atoms with Crippen molar-refractivity contribution in [3.8, 4) is 17.2 Å². The minimum absolute atomic E-state index is 0. The first-order valence-electron chi connectivity index (χ1n) is 7.81. The molecule has 0 fully saturated rings. The molecule has 0 amide bonds. The number of nitrogens with one attached hydrogen (secondary N) is 2. The molecule has 0 bridgehead atoms. The van der Waals surface area contributed by atoms with Gasteiger partial charge in [-0.05, 0) is 17.7 Å². The summed E-state index contributed by atoms with van der Waals surface area (Å²) in [5.41, 5.74) is 0.929. The number of benzene rings is 1. The molecule has 8 nitrogen and oxygen atoms in total. The van der Waals surface area contributed by atoms with Crippen molar-refractivity contribution < 1.29 is 23.7 Å². The maximum absolute atomic E-state index is 11.4. The Bertz CT molecular complexity index is 585. The van der Waals surface area contributed by atoms with E-state index in [-0.39, 0.29) is 35.9 Å². The lowest BCUT2D eigenvalue weighted by Gasteiger charge is -2.17. The quantitative estimate of drug-likeness (QED) is 0.253. The van der Waals surface area contributed by atoms with E-state index in [4.69, 9.17) is 18.9 Å². The number of hydrogen-bond acceptors (Lipinski definition) is 6. The minimum Gasteiger partial charge on any atom is -0.493 e. The molecular formula is C17H28IN3O5. The molecular weight excluding hydrogens is 453 g/mol. The van der Waals surface area contributed by atoms with E-state index >= 15 is 0 Å². The van der Waals surface area contributed by atoms with Gasteiger partial charge in [-0.2, -0.15) is 0 Å². The lowest BCUT2D eigenvalue weighted by atomic mass is 10.1. The third kappa shape index (κ3) is 6.77. The van der Waals surface area contributed by atoms with Crippen molar-refractivity contribution in [1.82, 2.24) is 10.6 Å². The molecule has 0 saturated carbocycles. The van der Waals surface area contributed by atoms with Gasteiger partial charge in [-0.3, -0.25) is 9.79 Å². The van der Waals surface area contributed by atoms with Crippen molar-refractivity contribution in [3.63, 3.8) is 0 Å². The van der Waals surface area contributed by atoms with Gasteiger partial charge in [0.15, 0.2) is 17.5 Å². The van der Waals surface area contributed by atoms with Crippen LogP contribution >= 0.6 is 24.0 Å². The normalized spacial score (nSPS) is 11.7. The number of rotatable bonds is 8. The van der Waals surface area contributed by atoms with Gasteiger partial charge in [-0.1, -0.05) is 6.92 Å². The molecule has 0 saturated heterocycles.